The largest absolute Gasteiger partial charge is 0.385 e. The quantitative estimate of drug-likeness (QED) is 0.589. The van der Waals surface area contributed by atoms with Gasteiger partial charge in [-0.1, -0.05) is 13.8 Å². The molecule has 14 heavy (non-hydrogen) atoms. The molecule has 82 valence electrons. The van der Waals surface area contributed by atoms with Gasteiger partial charge in [0.2, 0.25) is 0 Å². The van der Waals surface area contributed by atoms with E-state index in [1.165, 1.54) is 0 Å². The van der Waals surface area contributed by atoms with Crippen molar-refractivity contribution in [1.82, 2.24) is 0 Å². The van der Waals surface area contributed by atoms with Crippen LogP contribution in [0.1, 0.15) is 33.6 Å². The summed E-state index contributed by atoms with van der Waals surface area (Å²) >= 11 is 0. The smallest absolute Gasteiger partial charge is 0.130 e. The van der Waals surface area contributed by atoms with Gasteiger partial charge in [0, 0.05) is 25.6 Å². The summed E-state index contributed by atoms with van der Waals surface area (Å²) in [7, 11) is 1.62. The lowest BCUT2D eigenvalue weighted by molar-refractivity contribution is -0.122. The Kier molecular flexibility index (Phi) is 5.62. The van der Waals surface area contributed by atoms with Crippen LogP contribution in [0.4, 0.5) is 0 Å². The number of ketones is 1. The van der Waals surface area contributed by atoms with E-state index in [0.717, 1.165) is 12.7 Å². The molecule has 0 aliphatic rings. The van der Waals surface area contributed by atoms with Gasteiger partial charge < -0.3 is 14.3 Å². The van der Waals surface area contributed by atoms with Crippen LogP contribution in [-0.4, -0.2) is 25.8 Å². The van der Waals surface area contributed by atoms with Crippen molar-refractivity contribution in [2.45, 2.75) is 33.6 Å². The molecule has 0 aliphatic heterocycles. The second-order valence-electron chi connectivity index (χ2n) is 4.32. The average Bonchev–Trinajstić information content (AvgIpc) is 2.11. The first kappa shape index (κ1) is 13.3. The van der Waals surface area contributed by atoms with Gasteiger partial charge in [-0.05, 0) is 19.3 Å². The predicted octanol–water partition coefficient (Wildman–Crippen LogP) is 1.84. The van der Waals surface area contributed by atoms with Crippen LogP contribution in [0.5, 0.6) is 0 Å². The van der Waals surface area contributed by atoms with Crippen LogP contribution in [-0.2, 0) is 14.3 Å². The number of methoxy groups -OCH3 is 1. The van der Waals surface area contributed by atoms with Crippen molar-refractivity contribution >= 4 is 12.1 Å². The third-order valence-electron chi connectivity index (χ3n) is 2.56. The zero-order valence-corrected chi connectivity index (χ0v) is 9.50. The normalized spacial score (nSPS) is 13.7. The van der Waals surface area contributed by atoms with Crippen molar-refractivity contribution in [2.24, 2.45) is 11.3 Å². The Bertz CT molecular complexity index is 197. The number of hydrogen-bond acceptors (Lipinski definition) is 3. The number of carbonyl (C=O) groups excluding carboxylic acids is 2. The zero-order chi connectivity index (χ0) is 11.2. The van der Waals surface area contributed by atoms with E-state index in [-0.39, 0.29) is 11.7 Å². The number of aldehydes is 1. The lowest BCUT2D eigenvalue weighted by atomic mass is 9.76. The summed E-state index contributed by atoms with van der Waals surface area (Å²) in [4.78, 5) is 21.9. The highest BCUT2D eigenvalue weighted by molar-refractivity contribution is 5.76. The van der Waals surface area contributed by atoms with Crippen LogP contribution in [0.3, 0.4) is 0 Å². The van der Waals surface area contributed by atoms with Crippen molar-refractivity contribution in [3.63, 3.8) is 0 Å². The molecular weight excluding hydrogens is 180 g/mol. The molecule has 0 aromatic carbocycles. The van der Waals surface area contributed by atoms with Gasteiger partial charge in [-0.25, -0.2) is 0 Å². The summed E-state index contributed by atoms with van der Waals surface area (Å²) in [5, 5.41) is 0. The summed E-state index contributed by atoms with van der Waals surface area (Å²) in [6, 6.07) is 0. The molecule has 0 spiro atoms. The highest BCUT2D eigenvalue weighted by Crippen LogP contribution is 2.30. The fourth-order valence-electron chi connectivity index (χ4n) is 1.44. The zero-order valence-electron chi connectivity index (χ0n) is 9.50. The fraction of sp³-hybridized carbons (Fsp3) is 0.818. The maximum atomic E-state index is 11.0. The Morgan fingerprint density at radius 2 is 2.07 bits per heavy atom. The number of Topliss-reactive ketones (excluding diaryl/α,β-unsaturated/α-hetero) is 1. The van der Waals surface area contributed by atoms with E-state index in [4.69, 9.17) is 4.74 Å². The first-order valence-electron chi connectivity index (χ1n) is 4.88. The standard InChI is InChI=1S/C11H20O3/c1-9(13)7-10(5-6-14-4)11(2,3)8-12/h8,10H,5-7H2,1-4H3. The number of ether oxygens (including phenoxy) is 1. The molecule has 0 rings (SSSR count). The van der Waals surface area contributed by atoms with E-state index in [1.807, 2.05) is 13.8 Å². The Balaban J connectivity index is 4.37. The Hall–Kier alpha value is -0.700. The van der Waals surface area contributed by atoms with Crippen molar-refractivity contribution in [2.75, 3.05) is 13.7 Å². The molecule has 0 aromatic rings. The third-order valence-corrected chi connectivity index (χ3v) is 2.56. The van der Waals surface area contributed by atoms with Gasteiger partial charge in [0.1, 0.15) is 12.1 Å². The van der Waals surface area contributed by atoms with Crippen molar-refractivity contribution in [1.29, 1.82) is 0 Å². The fourth-order valence-corrected chi connectivity index (χ4v) is 1.44. The molecule has 1 atom stereocenters. The van der Waals surface area contributed by atoms with Gasteiger partial charge >= 0.3 is 0 Å². The Labute approximate surface area is 85.8 Å². The van der Waals surface area contributed by atoms with Crippen LogP contribution in [0.15, 0.2) is 0 Å². The van der Waals surface area contributed by atoms with E-state index < -0.39 is 5.41 Å². The van der Waals surface area contributed by atoms with Crippen molar-refractivity contribution in [3.05, 3.63) is 0 Å². The van der Waals surface area contributed by atoms with Gasteiger partial charge in [-0.15, -0.1) is 0 Å². The Morgan fingerprint density at radius 1 is 1.50 bits per heavy atom. The van der Waals surface area contributed by atoms with E-state index in [0.29, 0.717) is 13.0 Å². The number of rotatable bonds is 7. The molecule has 0 bridgehead atoms. The number of hydrogen-bond donors (Lipinski definition) is 0. The minimum Gasteiger partial charge on any atom is -0.385 e. The molecule has 3 nitrogen and oxygen atoms in total. The maximum absolute atomic E-state index is 11.0. The van der Waals surface area contributed by atoms with Gasteiger partial charge in [0.05, 0.1) is 0 Å². The van der Waals surface area contributed by atoms with Crippen molar-refractivity contribution < 1.29 is 14.3 Å². The van der Waals surface area contributed by atoms with E-state index in [9.17, 15) is 9.59 Å². The lowest BCUT2D eigenvalue weighted by Crippen LogP contribution is -2.28. The van der Waals surface area contributed by atoms with Gasteiger partial charge in [0.15, 0.2) is 0 Å². The van der Waals surface area contributed by atoms with Gasteiger partial charge in [0.25, 0.3) is 0 Å². The van der Waals surface area contributed by atoms with Crippen LogP contribution >= 0.6 is 0 Å². The van der Waals surface area contributed by atoms with Gasteiger partial charge in [-0.2, -0.15) is 0 Å². The summed E-state index contributed by atoms with van der Waals surface area (Å²) < 4.78 is 4.97. The molecule has 0 N–H and O–H groups in total. The Morgan fingerprint density at radius 3 is 2.43 bits per heavy atom. The van der Waals surface area contributed by atoms with E-state index in [2.05, 4.69) is 0 Å². The maximum Gasteiger partial charge on any atom is 0.130 e. The molecule has 0 aliphatic carbocycles. The predicted molar refractivity (Wildman–Crippen MR) is 55.1 cm³/mol. The minimum absolute atomic E-state index is 0.0810. The molecule has 0 fully saturated rings. The second kappa shape index (κ2) is 5.91. The molecule has 0 amide bonds. The first-order chi connectivity index (χ1) is 6.44. The molecule has 0 heterocycles. The van der Waals surface area contributed by atoms with Crippen molar-refractivity contribution in [3.8, 4) is 0 Å². The van der Waals surface area contributed by atoms with Crippen LogP contribution in [0.2, 0.25) is 0 Å². The van der Waals surface area contributed by atoms with Crippen LogP contribution in [0.25, 0.3) is 0 Å². The molecule has 0 radical (unpaired) electrons. The third kappa shape index (κ3) is 4.51. The second-order valence-corrected chi connectivity index (χ2v) is 4.32. The molecule has 0 aromatic heterocycles. The van der Waals surface area contributed by atoms with Gasteiger partial charge in [-0.3, -0.25) is 0 Å². The van der Waals surface area contributed by atoms with Crippen LogP contribution in [0, 0.1) is 11.3 Å². The molecular formula is C11H20O3. The minimum atomic E-state index is -0.440. The highest BCUT2D eigenvalue weighted by Gasteiger charge is 2.29. The summed E-state index contributed by atoms with van der Waals surface area (Å²) in [5.74, 6) is 0.207. The van der Waals surface area contributed by atoms with E-state index >= 15 is 0 Å². The highest BCUT2D eigenvalue weighted by atomic mass is 16.5. The molecule has 0 saturated heterocycles. The SMILES string of the molecule is COCCC(CC(C)=O)C(C)(C)C=O. The van der Waals surface area contributed by atoms with E-state index in [1.54, 1.807) is 14.0 Å². The average molecular weight is 200 g/mol. The molecule has 1 unspecified atom stereocenters. The lowest BCUT2D eigenvalue weighted by Gasteiger charge is -2.28. The summed E-state index contributed by atoms with van der Waals surface area (Å²) in [6.07, 6.45) is 2.13. The monoisotopic (exact) mass is 200 g/mol. The topological polar surface area (TPSA) is 43.4 Å². The molecule has 0 saturated carbocycles. The summed E-state index contributed by atoms with van der Waals surface area (Å²) in [6.45, 7) is 5.88. The number of carbonyl (C=O) groups is 2. The summed E-state index contributed by atoms with van der Waals surface area (Å²) in [5.41, 5.74) is -0.440. The first-order valence-corrected chi connectivity index (χ1v) is 4.88. The van der Waals surface area contributed by atoms with Crippen LogP contribution < -0.4 is 0 Å². The molecule has 3 heteroatoms.